The van der Waals surface area contributed by atoms with E-state index in [2.05, 4.69) is 0 Å². The highest BCUT2D eigenvalue weighted by molar-refractivity contribution is 5.68. The first-order valence-electron chi connectivity index (χ1n) is 8.44. The molecule has 0 bridgehead atoms. The number of hydrogen-bond acceptors (Lipinski definition) is 4. The highest BCUT2D eigenvalue weighted by atomic mass is 19.2. The van der Waals surface area contributed by atoms with Gasteiger partial charge in [0.15, 0.2) is 11.6 Å². The maximum atomic E-state index is 13.7. The second kappa shape index (κ2) is 6.35. The molecule has 2 fully saturated rings. The first kappa shape index (κ1) is 17.8. The minimum atomic E-state index is -0.971. The Labute approximate surface area is 146 Å². The van der Waals surface area contributed by atoms with Crippen molar-refractivity contribution in [2.24, 2.45) is 11.8 Å². The van der Waals surface area contributed by atoms with Gasteiger partial charge in [0.25, 0.3) is 0 Å². The largest absolute Gasteiger partial charge is 0.493 e. The summed E-state index contributed by atoms with van der Waals surface area (Å²) < 4.78 is 37.7. The van der Waals surface area contributed by atoms with Crippen LogP contribution < -0.4 is 9.64 Å². The Morgan fingerprint density at radius 2 is 1.72 bits per heavy atom. The molecule has 0 N–H and O–H groups in total. The molecular formula is C18H24F2N2O3. The van der Waals surface area contributed by atoms with E-state index in [4.69, 9.17) is 9.47 Å². The third-order valence-electron chi connectivity index (χ3n) is 4.70. The van der Waals surface area contributed by atoms with Gasteiger partial charge in [0.1, 0.15) is 5.60 Å². The van der Waals surface area contributed by atoms with E-state index in [1.54, 1.807) is 4.90 Å². The second-order valence-electron chi connectivity index (χ2n) is 7.75. The van der Waals surface area contributed by atoms with Crippen LogP contribution in [-0.2, 0) is 4.74 Å². The van der Waals surface area contributed by atoms with Crippen molar-refractivity contribution in [3.05, 3.63) is 23.8 Å². The molecule has 2 heterocycles. The summed E-state index contributed by atoms with van der Waals surface area (Å²) in [5.74, 6) is -1.38. The van der Waals surface area contributed by atoms with E-state index in [0.29, 0.717) is 43.7 Å². The Morgan fingerprint density at radius 1 is 1.12 bits per heavy atom. The van der Waals surface area contributed by atoms with Gasteiger partial charge in [-0.15, -0.1) is 0 Å². The third-order valence-corrected chi connectivity index (χ3v) is 4.70. The van der Waals surface area contributed by atoms with Crippen molar-refractivity contribution in [2.75, 3.05) is 38.2 Å². The number of halogens is 2. The van der Waals surface area contributed by atoms with Crippen LogP contribution in [0.5, 0.6) is 5.75 Å². The van der Waals surface area contributed by atoms with E-state index in [-0.39, 0.29) is 11.8 Å². The fourth-order valence-electron chi connectivity index (χ4n) is 3.56. The molecule has 0 unspecified atom stereocenters. The summed E-state index contributed by atoms with van der Waals surface area (Å²) in [5.41, 5.74) is 0.0946. The first-order valence-corrected chi connectivity index (χ1v) is 8.44. The van der Waals surface area contributed by atoms with Crippen molar-refractivity contribution in [1.82, 2.24) is 4.90 Å². The zero-order valence-corrected chi connectivity index (χ0v) is 15.0. The Kier molecular flexibility index (Phi) is 4.51. The number of amides is 1. The topological polar surface area (TPSA) is 42.0 Å². The van der Waals surface area contributed by atoms with Crippen molar-refractivity contribution >= 4 is 11.8 Å². The molecule has 2 atom stereocenters. The molecule has 2 saturated heterocycles. The lowest BCUT2D eigenvalue weighted by Crippen LogP contribution is -2.37. The van der Waals surface area contributed by atoms with Crippen LogP contribution in [0.4, 0.5) is 19.3 Å². The maximum absolute atomic E-state index is 13.7. The number of benzene rings is 1. The van der Waals surface area contributed by atoms with Crippen LogP contribution in [0.3, 0.4) is 0 Å². The molecule has 1 aromatic rings. The van der Waals surface area contributed by atoms with E-state index >= 15 is 0 Å². The van der Waals surface area contributed by atoms with Crippen LogP contribution >= 0.6 is 0 Å². The standard InChI is InChI=1S/C18H24F2N2O3/c1-18(2,3)25-17(23)22-9-11-7-21(8-12(11)10-22)13-5-14(19)16(20)15(6-13)24-4/h5-6,11-12H,7-10H2,1-4H3/t11-,12+. The lowest BCUT2D eigenvalue weighted by atomic mass is 10.0. The fraction of sp³-hybridized carbons (Fsp3) is 0.611. The van der Waals surface area contributed by atoms with Gasteiger partial charge in [-0.2, -0.15) is 4.39 Å². The van der Waals surface area contributed by atoms with Gasteiger partial charge in [-0.1, -0.05) is 0 Å². The SMILES string of the molecule is COc1cc(N2C[C@H]3CN(C(=O)OC(C)(C)C)C[C@H]3C2)cc(F)c1F. The number of likely N-dealkylation sites (tertiary alicyclic amines) is 1. The predicted octanol–water partition coefficient (Wildman–Crippen LogP) is 3.28. The number of ether oxygens (including phenoxy) is 2. The molecule has 0 radical (unpaired) electrons. The molecule has 2 aliphatic rings. The average molecular weight is 354 g/mol. The van der Waals surface area contributed by atoms with Crippen LogP contribution in [-0.4, -0.2) is 49.9 Å². The van der Waals surface area contributed by atoms with Gasteiger partial charge in [0, 0.05) is 55.8 Å². The lowest BCUT2D eigenvalue weighted by molar-refractivity contribution is 0.0282. The summed E-state index contributed by atoms with van der Waals surface area (Å²) in [5, 5.41) is 0. The van der Waals surface area contributed by atoms with E-state index in [9.17, 15) is 13.6 Å². The van der Waals surface area contributed by atoms with E-state index in [0.717, 1.165) is 0 Å². The average Bonchev–Trinajstić information content (AvgIpc) is 3.06. The second-order valence-corrected chi connectivity index (χ2v) is 7.75. The van der Waals surface area contributed by atoms with E-state index in [1.165, 1.54) is 19.2 Å². The van der Waals surface area contributed by atoms with Crippen molar-refractivity contribution in [3.8, 4) is 5.75 Å². The highest BCUT2D eigenvalue weighted by Crippen LogP contribution is 2.36. The van der Waals surface area contributed by atoms with Gasteiger partial charge in [-0.3, -0.25) is 0 Å². The number of methoxy groups -OCH3 is 1. The van der Waals surface area contributed by atoms with Crippen molar-refractivity contribution in [3.63, 3.8) is 0 Å². The monoisotopic (exact) mass is 354 g/mol. The summed E-state index contributed by atoms with van der Waals surface area (Å²) in [6.07, 6.45) is -0.289. The van der Waals surface area contributed by atoms with Crippen molar-refractivity contribution in [1.29, 1.82) is 0 Å². The Bertz CT molecular complexity index is 661. The van der Waals surface area contributed by atoms with Gasteiger partial charge in [0.05, 0.1) is 7.11 Å². The Morgan fingerprint density at radius 3 is 2.24 bits per heavy atom. The van der Waals surface area contributed by atoms with E-state index < -0.39 is 17.2 Å². The Balaban J connectivity index is 1.66. The van der Waals surface area contributed by atoms with Crippen LogP contribution in [0.15, 0.2) is 12.1 Å². The van der Waals surface area contributed by atoms with Crippen LogP contribution in [0.25, 0.3) is 0 Å². The molecule has 2 aliphatic heterocycles. The number of nitrogens with zero attached hydrogens (tertiary/aromatic N) is 2. The van der Waals surface area contributed by atoms with E-state index in [1.807, 2.05) is 25.7 Å². The predicted molar refractivity (Wildman–Crippen MR) is 89.9 cm³/mol. The van der Waals surface area contributed by atoms with Gasteiger partial charge in [-0.25, -0.2) is 9.18 Å². The zero-order chi connectivity index (χ0) is 18.4. The molecule has 25 heavy (non-hydrogen) atoms. The molecule has 3 rings (SSSR count). The Hall–Kier alpha value is -2.05. The smallest absolute Gasteiger partial charge is 0.410 e. The van der Waals surface area contributed by atoms with Crippen molar-refractivity contribution < 1.29 is 23.0 Å². The normalized spacial score (nSPS) is 23.0. The minimum Gasteiger partial charge on any atom is -0.493 e. The summed E-state index contributed by atoms with van der Waals surface area (Å²) in [7, 11) is 1.32. The molecule has 138 valence electrons. The minimum absolute atomic E-state index is 0.0950. The number of anilines is 1. The van der Waals surface area contributed by atoms with Gasteiger partial charge in [0.2, 0.25) is 5.82 Å². The van der Waals surface area contributed by atoms with Gasteiger partial charge in [-0.05, 0) is 20.8 Å². The molecule has 1 amide bonds. The summed E-state index contributed by atoms with van der Waals surface area (Å²) in [6, 6.07) is 2.72. The number of rotatable bonds is 2. The molecule has 0 aromatic heterocycles. The first-order chi connectivity index (χ1) is 11.7. The van der Waals surface area contributed by atoms with Gasteiger partial charge >= 0.3 is 6.09 Å². The fourth-order valence-corrected chi connectivity index (χ4v) is 3.56. The highest BCUT2D eigenvalue weighted by Gasteiger charge is 2.43. The zero-order valence-electron chi connectivity index (χ0n) is 15.0. The lowest BCUT2D eigenvalue weighted by Gasteiger charge is -2.26. The molecule has 0 aliphatic carbocycles. The molecular weight excluding hydrogens is 330 g/mol. The molecule has 1 aromatic carbocycles. The third kappa shape index (κ3) is 3.65. The maximum Gasteiger partial charge on any atom is 0.410 e. The number of hydrogen-bond donors (Lipinski definition) is 0. The number of carbonyl (C=O) groups is 1. The van der Waals surface area contributed by atoms with Crippen LogP contribution in [0, 0.1) is 23.5 Å². The summed E-state index contributed by atoms with van der Waals surface area (Å²) >= 11 is 0. The molecule has 7 heteroatoms. The molecule has 0 spiro atoms. The van der Waals surface area contributed by atoms with Crippen LogP contribution in [0.1, 0.15) is 20.8 Å². The molecule has 0 saturated carbocycles. The molecule has 5 nitrogen and oxygen atoms in total. The number of fused-ring (bicyclic) bond motifs is 1. The number of carbonyl (C=O) groups excluding carboxylic acids is 1. The van der Waals surface area contributed by atoms with Gasteiger partial charge < -0.3 is 19.3 Å². The van der Waals surface area contributed by atoms with Crippen molar-refractivity contribution in [2.45, 2.75) is 26.4 Å². The summed E-state index contributed by atoms with van der Waals surface area (Å²) in [4.78, 5) is 16.0. The van der Waals surface area contributed by atoms with Crippen LogP contribution in [0.2, 0.25) is 0 Å². The quantitative estimate of drug-likeness (QED) is 0.817. The summed E-state index contributed by atoms with van der Waals surface area (Å²) in [6.45, 7) is 8.17.